The van der Waals surface area contributed by atoms with Gasteiger partial charge in [-0.3, -0.25) is 4.79 Å². The zero-order valence-electron chi connectivity index (χ0n) is 14.1. The molecular formula is C16H22BFO5. The number of phenolic OH excluding ortho intramolecular Hbond substituents is 1. The van der Waals surface area contributed by atoms with E-state index >= 15 is 0 Å². The summed E-state index contributed by atoms with van der Waals surface area (Å²) in [5.41, 5.74) is -0.632. The highest BCUT2D eigenvalue weighted by atomic mass is 19.1. The number of methoxy groups -OCH3 is 1. The third kappa shape index (κ3) is 3.51. The number of hydrogen-bond donors (Lipinski definition) is 1. The first-order chi connectivity index (χ1) is 10.6. The highest BCUT2D eigenvalue weighted by molar-refractivity contribution is 6.48. The van der Waals surface area contributed by atoms with Crippen LogP contribution in [0.15, 0.2) is 18.2 Å². The summed E-state index contributed by atoms with van der Waals surface area (Å²) in [6.45, 7) is 7.61. The number of ether oxygens (including phenoxy) is 1. The van der Waals surface area contributed by atoms with Crippen LogP contribution in [0.4, 0.5) is 4.39 Å². The smallest absolute Gasteiger partial charge is 0.466 e. The van der Waals surface area contributed by atoms with Gasteiger partial charge >= 0.3 is 13.1 Å². The number of carbonyl (C=O) groups excluding carboxylic acids is 1. The van der Waals surface area contributed by atoms with E-state index in [0.717, 1.165) is 0 Å². The molecule has 1 heterocycles. The van der Waals surface area contributed by atoms with E-state index in [9.17, 15) is 14.3 Å². The van der Waals surface area contributed by atoms with Crippen molar-refractivity contribution >= 4 is 13.1 Å². The summed E-state index contributed by atoms with van der Waals surface area (Å²) >= 11 is 0. The molecule has 2 rings (SSSR count). The molecule has 1 N–H and O–H groups in total. The summed E-state index contributed by atoms with van der Waals surface area (Å²) in [6, 6.07) is 3.99. The molecule has 0 bridgehead atoms. The number of rotatable bonds is 4. The zero-order chi connectivity index (χ0) is 17.4. The Morgan fingerprint density at radius 3 is 2.35 bits per heavy atom. The number of benzene rings is 1. The second kappa shape index (κ2) is 6.13. The quantitative estimate of drug-likeness (QED) is 0.681. The molecule has 0 aliphatic carbocycles. The van der Waals surface area contributed by atoms with Crippen molar-refractivity contribution in [3.63, 3.8) is 0 Å². The van der Waals surface area contributed by atoms with Crippen molar-refractivity contribution in [1.82, 2.24) is 0 Å². The minimum absolute atomic E-state index is 0.0163. The fourth-order valence-electron chi connectivity index (χ4n) is 2.44. The lowest BCUT2D eigenvalue weighted by Gasteiger charge is -2.32. The summed E-state index contributed by atoms with van der Waals surface area (Å²) < 4.78 is 30.4. The normalized spacial score (nSPS) is 20.3. The van der Waals surface area contributed by atoms with Gasteiger partial charge in [0.15, 0.2) is 11.6 Å². The second-order valence-corrected chi connectivity index (χ2v) is 6.72. The predicted octanol–water partition coefficient (Wildman–Crippen LogP) is 2.81. The lowest BCUT2D eigenvalue weighted by molar-refractivity contribution is -0.140. The fourth-order valence-corrected chi connectivity index (χ4v) is 2.44. The van der Waals surface area contributed by atoms with Crippen molar-refractivity contribution in [1.29, 1.82) is 0 Å². The van der Waals surface area contributed by atoms with Gasteiger partial charge in [-0.2, -0.15) is 0 Å². The Labute approximate surface area is 135 Å². The van der Waals surface area contributed by atoms with Crippen molar-refractivity contribution < 1.29 is 28.3 Å². The van der Waals surface area contributed by atoms with Crippen molar-refractivity contribution in [2.75, 3.05) is 7.11 Å². The molecule has 23 heavy (non-hydrogen) atoms. The Kier molecular flexibility index (Phi) is 4.73. The Morgan fingerprint density at radius 1 is 1.30 bits per heavy atom. The second-order valence-electron chi connectivity index (χ2n) is 6.72. The monoisotopic (exact) mass is 324 g/mol. The number of aromatic hydroxyl groups is 1. The zero-order valence-corrected chi connectivity index (χ0v) is 14.1. The van der Waals surface area contributed by atoms with Gasteiger partial charge in [0.25, 0.3) is 0 Å². The first-order valence-electron chi connectivity index (χ1n) is 7.48. The van der Waals surface area contributed by atoms with Crippen molar-refractivity contribution in [2.45, 2.75) is 51.1 Å². The van der Waals surface area contributed by atoms with Gasteiger partial charge in [-0.1, -0.05) is 6.07 Å². The maximum Gasteiger partial charge on any atom is 0.466 e. The Morgan fingerprint density at radius 2 is 1.87 bits per heavy atom. The third-order valence-corrected chi connectivity index (χ3v) is 4.61. The van der Waals surface area contributed by atoms with Crippen LogP contribution in [0.1, 0.15) is 45.5 Å². The van der Waals surface area contributed by atoms with E-state index in [2.05, 4.69) is 0 Å². The van der Waals surface area contributed by atoms with Crippen molar-refractivity contribution in [2.24, 2.45) is 0 Å². The molecule has 1 atom stereocenters. The summed E-state index contributed by atoms with van der Waals surface area (Å²) in [5.74, 6) is -2.19. The molecule has 1 aromatic carbocycles. The van der Waals surface area contributed by atoms with Crippen LogP contribution in [-0.2, 0) is 18.8 Å². The number of halogens is 1. The molecule has 1 aliphatic rings. The van der Waals surface area contributed by atoms with Gasteiger partial charge in [0.05, 0.1) is 24.7 Å². The molecule has 7 heteroatoms. The molecule has 1 aromatic rings. The first kappa shape index (κ1) is 17.8. The number of phenols is 1. The van der Waals surface area contributed by atoms with Crippen LogP contribution in [0.2, 0.25) is 0 Å². The topological polar surface area (TPSA) is 65.0 Å². The molecule has 1 unspecified atom stereocenters. The Balaban J connectivity index is 2.35. The van der Waals surface area contributed by atoms with Gasteiger partial charge in [-0.25, -0.2) is 4.39 Å². The molecular weight excluding hydrogens is 302 g/mol. The fraction of sp³-hybridized carbons (Fsp3) is 0.562. The maximum absolute atomic E-state index is 13.7. The molecule has 5 nitrogen and oxygen atoms in total. The van der Waals surface area contributed by atoms with Crippen LogP contribution in [0.3, 0.4) is 0 Å². The van der Waals surface area contributed by atoms with Crippen LogP contribution in [0.5, 0.6) is 5.75 Å². The Hall–Kier alpha value is -1.60. The van der Waals surface area contributed by atoms with Gasteiger partial charge in [0.2, 0.25) is 0 Å². The molecule has 1 saturated heterocycles. The van der Waals surface area contributed by atoms with E-state index in [1.165, 1.54) is 19.2 Å². The highest BCUT2D eigenvalue weighted by Gasteiger charge is 2.54. The van der Waals surface area contributed by atoms with Crippen LogP contribution < -0.4 is 0 Å². The lowest BCUT2D eigenvalue weighted by Crippen LogP contribution is -2.41. The van der Waals surface area contributed by atoms with Crippen LogP contribution in [-0.4, -0.2) is 36.5 Å². The van der Waals surface area contributed by atoms with Crippen molar-refractivity contribution in [3.8, 4) is 5.75 Å². The maximum atomic E-state index is 13.7. The van der Waals surface area contributed by atoms with E-state index in [1.807, 2.05) is 27.7 Å². The predicted molar refractivity (Wildman–Crippen MR) is 83.5 cm³/mol. The highest BCUT2D eigenvalue weighted by Crippen LogP contribution is 2.42. The number of carbonyl (C=O) groups is 1. The average Bonchev–Trinajstić information content (AvgIpc) is 2.67. The van der Waals surface area contributed by atoms with Crippen LogP contribution >= 0.6 is 0 Å². The van der Waals surface area contributed by atoms with Gasteiger partial charge in [-0.15, -0.1) is 0 Å². The lowest BCUT2D eigenvalue weighted by atomic mass is 9.66. The van der Waals surface area contributed by atoms with Crippen LogP contribution in [0, 0.1) is 5.82 Å². The minimum atomic E-state index is -0.756. The van der Waals surface area contributed by atoms with E-state index < -0.39 is 41.7 Å². The standard InChI is InChI=1S/C16H22BFO5/c1-15(2)16(3,4)23-17(22-15)11(9-14(20)21-5)10-6-7-13(19)12(18)8-10/h6-8,11,19H,9H2,1-5H3. The average molecular weight is 324 g/mol. The van der Waals surface area contributed by atoms with Gasteiger partial charge in [0.1, 0.15) is 0 Å². The molecule has 0 spiro atoms. The Bertz CT molecular complexity index is 586. The SMILES string of the molecule is COC(=O)CC(B1OC(C)(C)C(C)(C)O1)c1ccc(O)c(F)c1. The number of hydrogen-bond acceptors (Lipinski definition) is 5. The van der Waals surface area contributed by atoms with E-state index in [-0.39, 0.29) is 6.42 Å². The molecule has 1 fully saturated rings. The van der Waals surface area contributed by atoms with Gasteiger partial charge in [-0.05, 0) is 45.4 Å². The summed E-state index contributed by atoms with van der Waals surface area (Å²) in [5, 5.41) is 9.36. The molecule has 1 aliphatic heterocycles. The molecule has 0 saturated carbocycles. The summed E-state index contributed by atoms with van der Waals surface area (Å²) in [7, 11) is 0.573. The van der Waals surface area contributed by atoms with Crippen LogP contribution in [0.25, 0.3) is 0 Å². The van der Waals surface area contributed by atoms with E-state index in [0.29, 0.717) is 5.56 Å². The van der Waals surface area contributed by atoms with E-state index in [1.54, 1.807) is 6.07 Å². The molecule has 0 aromatic heterocycles. The molecule has 0 amide bonds. The molecule has 126 valence electrons. The summed E-state index contributed by atoms with van der Waals surface area (Å²) in [4.78, 5) is 11.8. The van der Waals surface area contributed by atoms with Gasteiger partial charge < -0.3 is 19.2 Å². The largest absolute Gasteiger partial charge is 0.505 e. The third-order valence-electron chi connectivity index (χ3n) is 4.61. The van der Waals surface area contributed by atoms with Crippen molar-refractivity contribution in [3.05, 3.63) is 29.6 Å². The summed E-state index contributed by atoms with van der Waals surface area (Å²) in [6.07, 6.45) is -0.0163. The van der Waals surface area contributed by atoms with Gasteiger partial charge in [0, 0.05) is 5.82 Å². The molecule has 0 radical (unpaired) electrons. The van der Waals surface area contributed by atoms with E-state index in [4.69, 9.17) is 14.0 Å². The number of esters is 1. The minimum Gasteiger partial charge on any atom is -0.505 e. The first-order valence-corrected chi connectivity index (χ1v) is 7.48.